The van der Waals surface area contributed by atoms with Crippen molar-refractivity contribution in [3.05, 3.63) is 71.3 Å². The molecule has 0 saturated carbocycles. The summed E-state index contributed by atoms with van der Waals surface area (Å²) in [6, 6.07) is 14.3. The highest BCUT2D eigenvalue weighted by Crippen LogP contribution is 2.31. The van der Waals surface area contributed by atoms with Crippen molar-refractivity contribution in [1.29, 1.82) is 0 Å². The molecule has 102 valence electrons. The lowest BCUT2D eigenvalue weighted by Crippen LogP contribution is -2.43. The Bertz CT molecular complexity index is 655. The lowest BCUT2D eigenvalue weighted by atomic mass is 9.83. The van der Waals surface area contributed by atoms with Crippen LogP contribution in [0.15, 0.2) is 54.6 Å². The highest BCUT2D eigenvalue weighted by Gasteiger charge is 2.40. The van der Waals surface area contributed by atoms with Gasteiger partial charge in [0.25, 0.3) is 5.91 Å². The fourth-order valence-corrected chi connectivity index (χ4v) is 2.12. The average Bonchev–Trinajstić information content (AvgIpc) is 2.47. The highest BCUT2D eigenvalue weighted by atomic mass is 16.3. The number of carbonyl (C=O) groups excluding carboxylic acids is 2. The molecule has 5 N–H and O–H groups in total. The first-order valence-corrected chi connectivity index (χ1v) is 5.95. The molecule has 0 bridgehead atoms. The van der Waals surface area contributed by atoms with Crippen molar-refractivity contribution in [1.82, 2.24) is 0 Å². The number of benzene rings is 2. The maximum Gasteiger partial charge on any atom is 0.258 e. The van der Waals surface area contributed by atoms with Crippen LogP contribution in [0.4, 0.5) is 0 Å². The van der Waals surface area contributed by atoms with Crippen molar-refractivity contribution in [2.24, 2.45) is 11.5 Å². The second kappa shape index (κ2) is 5.14. The standard InChI is InChI=1S/C15H14N2O3/c16-13(18)11-8-4-5-9-12(11)15(20,14(17)19)10-6-2-1-3-7-10/h1-9,20H,(H2,16,18)(H2,17,19). The summed E-state index contributed by atoms with van der Waals surface area (Å²) in [6.07, 6.45) is 0. The van der Waals surface area contributed by atoms with Gasteiger partial charge < -0.3 is 16.6 Å². The summed E-state index contributed by atoms with van der Waals surface area (Å²) in [6.45, 7) is 0. The van der Waals surface area contributed by atoms with Crippen molar-refractivity contribution >= 4 is 11.8 Å². The third kappa shape index (κ3) is 2.15. The van der Waals surface area contributed by atoms with Crippen LogP contribution in [-0.4, -0.2) is 16.9 Å². The van der Waals surface area contributed by atoms with Crippen molar-refractivity contribution in [2.75, 3.05) is 0 Å². The first-order valence-electron chi connectivity index (χ1n) is 5.95. The molecule has 0 heterocycles. The largest absolute Gasteiger partial charge is 0.372 e. The first-order chi connectivity index (χ1) is 9.48. The Morgan fingerprint density at radius 2 is 1.45 bits per heavy atom. The predicted octanol–water partition coefficient (Wildman–Crippen LogP) is 0.507. The summed E-state index contributed by atoms with van der Waals surface area (Å²) >= 11 is 0. The van der Waals surface area contributed by atoms with E-state index >= 15 is 0 Å². The quantitative estimate of drug-likeness (QED) is 0.753. The maximum absolute atomic E-state index is 11.8. The molecule has 5 heteroatoms. The molecule has 1 unspecified atom stereocenters. The first kappa shape index (κ1) is 13.8. The van der Waals surface area contributed by atoms with Crippen molar-refractivity contribution in [3.63, 3.8) is 0 Å². The van der Waals surface area contributed by atoms with Gasteiger partial charge >= 0.3 is 0 Å². The van der Waals surface area contributed by atoms with Gasteiger partial charge in [-0.05, 0) is 11.6 Å². The van der Waals surface area contributed by atoms with Crippen LogP contribution in [-0.2, 0) is 10.4 Å². The summed E-state index contributed by atoms with van der Waals surface area (Å²) in [7, 11) is 0. The molecule has 0 spiro atoms. The van der Waals surface area contributed by atoms with Crippen molar-refractivity contribution in [3.8, 4) is 0 Å². The van der Waals surface area contributed by atoms with Gasteiger partial charge in [0, 0.05) is 11.1 Å². The molecule has 0 saturated heterocycles. The predicted molar refractivity (Wildman–Crippen MR) is 73.6 cm³/mol. The van der Waals surface area contributed by atoms with E-state index in [2.05, 4.69) is 0 Å². The van der Waals surface area contributed by atoms with Crippen molar-refractivity contribution in [2.45, 2.75) is 5.60 Å². The summed E-state index contributed by atoms with van der Waals surface area (Å²) in [5.74, 6) is -1.71. The molecule has 0 aliphatic rings. The summed E-state index contributed by atoms with van der Waals surface area (Å²) in [5.41, 5.74) is 8.95. The number of primary amides is 2. The fourth-order valence-electron chi connectivity index (χ4n) is 2.12. The Hall–Kier alpha value is -2.66. The Balaban J connectivity index is 2.73. The lowest BCUT2D eigenvalue weighted by Gasteiger charge is -2.27. The van der Waals surface area contributed by atoms with E-state index in [-0.39, 0.29) is 16.7 Å². The van der Waals surface area contributed by atoms with Gasteiger partial charge in [0.2, 0.25) is 5.91 Å². The topological polar surface area (TPSA) is 106 Å². The third-order valence-electron chi connectivity index (χ3n) is 3.13. The zero-order chi connectivity index (χ0) is 14.8. The SMILES string of the molecule is NC(=O)c1ccccc1C(O)(C(N)=O)c1ccccc1. The number of rotatable bonds is 4. The second-order valence-corrected chi connectivity index (χ2v) is 4.35. The minimum atomic E-state index is -2.10. The second-order valence-electron chi connectivity index (χ2n) is 4.35. The molecule has 2 aromatic carbocycles. The van der Waals surface area contributed by atoms with Gasteiger partial charge in [-0.15, -0.1) is 0 Å². The van der Waals surface area contributed by atoms with Crippen LogP contribution >= 0.6 is 0 Å². The molecule has 2 rings (SSSR count). The van der Waals surface area contributed by atoms with Gasteiger partial charge in [-0.25, -0.2) is 0 Å². The molecule has 0 fully saturated rings. The monoisotopic (exact) mass is 270 g/mol. The Kier molecular flexibility index (Phi) is 3.54. The zero-order valence-electron chi connectivity index (χ0n) is 10.6. The van der Waals surface area contributed by atoms with Crippen LogP contribution < -0.4 is 11.5 Å². The van der Waals surface area contributed by atoms with E-state index in [0.29, 0.717) is 0 Å². The molecule has 0 aromatic heterocycles. The summed E-state index contributed by atoms with van der Waals surface area (Å²) < 4.78 is 0. The van der Waals surface area contributed by atoms with Crippen LogP contribution in [0.3, 0.4) is 0 Å². The zero-order valence-corrected chi connectivity index (χ0v) is 10.6. The maximum atomic E-state index is 11.8. The molecule has 0 aliphatic heterocycles. The number of carbonyl (C=O) groups is 2. The minimum Gasteiger partial charge on any atom is -0.372 e. The van der Waals surface area contributed by atoms with E-state index in [1.807, 2.05) is 0 Å². The Morgan fingerprint density at radius 1 is 0.900 bits per heavy atom. The smallest absolute Gasteiger partial charge is 0.258 e. The van der Waals surface area contributed by atoms with Crippen LogP contribution in [0.25, 0.3) is 0 Å². The van der Waals surface area contributed by atoms with Gasteiger partial charge in [0.15, 0.2) is 5.60 Å². The van der Waals surface area contributed by atoms with Crippen LogP contribution in [0, 0.1) is 0 Å². The Labute approximate surface area is 115 Å². The van der Waals surface area contributed by atoms with Crippen LogP contribution in [0.5, 0.6) is 0 Å². The molecule has 5 nitrogen and oxygen atoms in total. The summed E-state index contributed by atoms with van der Waals surface area (Å²) in [4.78, 5) is 23.3. The fraction of sp³-hybridized carbons (Fsp3) is 0.0667. The van der Waals surface area contributed by atoms with Gasteiger partial charge in [-0.3, -0.25) is 9.59 Å². The van der Waals surface area contributed by atoms with E-state index in [1.165, 1.54) is 12.1 Å². The molecular weight excluding hydrogens is 256 g/mol. The van der Waals surface area contributed by atoms with Crippen molar-refractivity contribution < 1.29 is 14.7 Å². The Morgan fingerprint density at radius 3 is 2.00 bits per heavy atom. The van der Waals surface area contributed by atoms with E-state index in [0.717, 1.165) is 0 Å². The van der Waals surface area contributed by atoms with Crippen LogP contribution in [0.2, 0.25) is 0 Å². The summed E-state index contributed by atoms with van der Waals surface area (Å²) in [5, 5.41) is 10.8. The lowest BCUT2D eigenvalue weighted by molar-refractivity contribution is -0.133. The van der Waals surface area contributed by atoms with E-state index in [9.17, 15) is 14.7 Å². The van der Waals surface area contributed by atoms with Crippen LogP contribution in [0.1, 0.15) is 21.5 Å². The number of aliphatic hydroxyl groups is 1. The number of amides is 2. The van der Waals surface area contributed by atoms with Gasteiger partial charge in [-0.2, -0.15) is 0 Å². The van der Waals surface area contributed by atoms with E-state index in [4.69, 9.17) is 11.5 Å². The van der Waals surface area contributed by atoms with Gasteiger partial charge in [-0.1, -0.05) is 48.5 Å². The molecule has 20 heavy (non-hydrogen) atoms. The minimum absolute atomic E-state index is 0.0534. The number of nitrogens with two attached hydrogens (primary N) is 2. The molecule has 1 atom stereocenters. The molecule has 2 aromatic rings. The molecular formula is C15H14N2O3. The molecule has 0 aliphatic carbocycles. The molecule has 2 amide bonds. The third-order valence-corrected chi connectivity index (χ3v) is 3.13. The molecule has 0 radical (unpaired) electrons. The number of hydrogen-bond acceptors (Lipinski definition) is 3. The van der Waals surface area contributed by atoms with E-state index in [1.54, 1.807) is 42.5 Å². The normalized spacial score (nSPS) is 13.4. The number of hydrogen-bond donors (Lipinski definition) is 3. The van der Waals surface area contributed by atoms with Gasteiger partial charge in [0.05, 0.1) is 0 Å². The van der Waals surface area contributed by atoms with Gasteiger partial charge in [0.1, 0.15) is 0 Å². The average molecular weight is 270 g/mol. The van der Waals surface area contributed by atoms with E-state index < -0.39 is 17.4 Å². The highest BCUT2D eigenvalue weighted by molar-refractivity contribution is 5.98.